The van der Waals surface area contributed by atoms with E-state index in [-0.39, 0.29) is 23.6 Å². The molecule has 1 aromatic heterocycles. The van der Waals surface area contributed by atoms with E-state index in [9.17, 15) is 14.7 Å². The van der Waals surface area contributed by atoms with Crippen molar-refractivity contribution >= 4 is 17.5 Å². The number of likely N-dealkylation sites (tertiary alicyclic amines) is 1. The highest BCUT2D eigenvalue weighted by atomic mass is 16.3. The molecular formula is C18H22N4O3. The van der Waals surface area contributed by atoms with E-state index in [1.807, 2.05) is 13.1 Å². The lowest BCUT2D eigenvalue weighted by Gasteiger charge is -2.37. The molecule has 0 saturated carbocycles. The summed E-state index contributed by atoms with van der Waals surface area (Å²) in [5.41, 5.74) is 2.15. The molecular weight excluding hydrogens is 320 g/mol. The fourth-order valence-corrected chi connectivity index (χ4v) is 3.34. The number of benzene rings is 1. The van der Waals surface area contributed by atoms with E-state index in [1.54, 1.807) is 48.1 Å². The second-order valence-electron chi connectivity index (χ2n) is 6.55. The molecule has 1 fully saturated rings. The van der Waals surface area contributed by atoms with Crippen LogP contribution in [0.2, 0.25) is 0 Å². The number of nitrogens with zero attached hydrogens (tertiary/aromatic N) is 3. The summed E-state index contributed by atoms with van der Waals surface area (Å²) in [6, 6.07) is 4.68. The van der Waals surface area contributed by atoms with Crippen LogP contribution in [0.5, 0.6) is 5.75 Å². The van der Waals surface area contributed by atoms with Gasteiger partial charge in [-0.1, -0.05) is 6.07 Å². The van der Waals surface area contributed by atoms with Crippen LogP contribution in [-0.2, 0) is 16.6 Å². The largest absolute Gasteiger partial charge is 0.506 e. The minimum absolute atomic E-state index is 0.0105. The molecule has 2 unspecified atom stereocenters. The number of carbonyl (C=O) groups is 2. The molecule has 0 radical (unpaired) electrons. The summed E-state index contributed by atoms with van der Waals surface area (Å²) in [6.07, 6.45) is 4.29. The Bertz CT molecular complexity index is 814. The van der Waals surface area contributed by atoms with Crippen LogP contribution in [0, 0.1) is 12.8 Å². The van der Waals surface area contributed by atoms with E-state index in [0.29, 0.717) is 18.5 Å². The number of nitrogens with one attached hydrogen (secondary N) is 1. The summed E-state index contributed by atoms with van der Waals surface area (Å²) in [7, 11) is 3.51. The van der Waals surface area contributed by atoms with Gasteiger partial charge in [0.25, 0.3) is 0 Å². The molecule has 0 bridgehead atoms. The molecule has 25 heavy (non-hydrogen) atoms. The second kappa shape index (κ2) is 6.58. The average molecular weight is 342 g/mol. The lowest BCUT2D eigenvalue weighted by Crippen LogP contribution is -2.44. The Kier molecular flexibility index (Phi) is 4.48. The van der Waals surface area contributed by atoms with Crippen LogP contribution in [0.1, 0.15) is 30.0 Å². The van der Waals surface area contributed by atoms with E-state index in [4.69, 9.17) is 0 Å². The number of anilines is 1. The van der Waals surface area contributed by atoms with Crippen molar-refractivity contribution in [3.05, 3.63) is 41.7 Å². The number of rotatable bonds is 3. The highest BCUT2D eigenvalue weighted by Gasteiger charge is 2.39. The Morgan fingerprint density at radius 3 is 2.80 bits per heavy atom. The number of aromatic hydroxyl groups is 1. The van der Waals surface area contributed by atoms with Gasteiger partial charge >= 0.3 is 0 Å². The normalized spacial score (nSPS) is 20.6. The van der Waals surface area contributed by atoms with Crippen molar-refractivity contribution in [2.24, 2.45) is 13.0 Å². The van der Waals surface area contributed by atoms with Gasteiger partial charge in [0.1, 0.15) is 5.75 Å². The zero-order chi connectivity index (χ0) is 18.1. The Morgan fingerprint density at radius 1 is 1.36 bits per heavy atom. The third-order valence-corrected chi connectivity index (χ3v) is 4.67. The Hall–Kier alpha value is -2.83. The smallest absolute Gasteiger partial charge is 0.230 e. The molecule has 7 heteroatoms. The standard InChI is InChI=1S/C18H22N4O3/c1-11-4-6-15(23)14(8-11)20-18(25)13-5-7-16(24)22(3)17(13)12-9-19-21(2)10-12/h4,6,8-10,13,17,23H,5,7H2,1-3H3,(H,20,25). The van der Waals surface area contributed by atoms with Crippen molar-refractivity contribution in [2.75, 3.05) is 12.4 Å². The summed E-state index contributed by atoms with van der Waals surface area (Å²) < 4.78 is 1.66. The summed E-state index contributed by atoms with van der Waals surface area (Å²) in [6.45, 7) is 1.89. The maximum Gasteiger partial charge on any atom is 0.230 e. The predicted molar refractivity (Wildman–Crippen MR) is 92.9 cm³/mol. The first-order valence-electron chi connectivity index (χ1n) is 8.21. The molecule has 3 rings (SSSR count). The zero-order valence-electron chi connectivity index (χ0n) is 14.6. The fourth-order valence-electron chi connectivity index (χ4n) is 3.34. The monoisotopic (exact) mass is 342 g/mol. The quantitative estimate of drug-likeness (QED) is 0.835. The summed E-state index contributed by atoms with van der Waals surface area (Å²) in [5.74, 6) is -0.589. The Morgan fingerprint density at radius 2 is 2.12 bits per heavy atom. The SMILES string of the molecule is Cc1ccc(O)c(NC(=O)C2CCC(=O)N(C)C2c2cnn(C)c2)c1. The van der Waals surface area contributed by atoms with Gasteiger partial charge in [-0.15, -0.1) is 0 Å². The maximum atomic E-state index is 12.9. The molecule has 2 aromatic rings. The molecule has 1 saturated heterocycles. The van der Waals surface area contributed by atoms with Gasteiger partial charge in [0.15, 0.2) is 0 Å². The number of phenolic OH excluding ortho intramolecular Hbond substituents is 1. The molecule has 132 valence electrons. The first-order chi connectivity index (χ1) is 11.9. The van der Waals surface area contributed by atoms with E-state index >= 15 is 0 Å². The van der Waals surface area contributed by atoms with E-state index in [2.05, 4.69) is 10.4 Å². The summed E-state index contributed by atoms with van der Waals surface area (Å²) in [5, 5.41) is 16.9. The first-order valence-corrected chi connectivity index (χ1v) is 8.21. The molecule has 0 aliphatic carbocycles. The third-order valence-electron chi connectivity index (χ3n) is 4.67. The van der Waals surface area contributed by atoms with Crippen LogP contribution in [0.25, 0.3) is 0 Å². The minimum Gasteiger partial charge on any atom is -0.506 e. The Balaban J connectivity index is 1.88. The van der Waals surface area contributed by atoms with E-state index in [1.165, 1.54) is 0 Å². The molecule has 1 aliphatic heterocycles. The van der Waals surface area contributed by atoms with Crippen molar-refractivity contribution in [1.82, 2.24) is 14.7 Å². The van der Waals surface area contributed by atoms with Gasteiger partial charge in [-0.3, -0.25) is 14.3 Å². The molecule has 1 aromatic carbocycles. The number of piperidine rings is 1. The summed E-state index contributed by atoms with van der Waals surface area (Å²) in [4.78, 5) is 26.6. The molecule has 2 heterocycles. The average Bonchev–Trinajstić information content (AvgIpc) is 2.99. The number of amides is 2. The third kappa shape index (κ3) is 3.35. The number of hydrogen-bond acceptors (Lipinski definition) is 4. The van der Waals surface area contributed by atoms with Crippen LogP contribution in [0.15, 0.2) is 30.6 Å². The molecule has 2 amide bonds. The Labute approximate surface area is 146 Å². The highest BCUT2D eigenvalue weighted by Crippen LogP contribution is 2.37. The fraction of sp³-hybridized carbons (Fsp3) is 0.389. The molecule has 2 atom stereocenters. The van der Waals surface area contributed by atoms with Crippen LogP contribution in [-0.4, -0.2) is 38.6 Å². The molecule has 1 aliphatic rings. The molecule has 2 N–H and O–H groups in total. The first kappa shape index (κ1) is 17.0. The zero-order valence-corrected chi connectivity index (χ0v) is 14.6. The lowest BCUT2D eigenvalue weighted by molar-refractivity contribution is -0.140. The van der Waals surface area contributed by atoms with Crippen LogP contribution < -0.4 is 5.32 Å². The van der Waals surface area contributed by atoms with Gasteiger partial charge in [-0.05, 0) is 31.0 Å². The van der Waals surface area contributed by atoms with Crippen molar-refractivity contribution in [2.45, 2.75) is 25.8 Å². The number of aromatic nitrogens is 2. The van der Waals surface area contributed by atoms with Crippen molar-refractivity contribution in [1.29, 1.82) is 0 Å². The number of carbonyl (C=O) groups excluding carboxylic acids is 2. The number of phenols is 1. The maximum absolute atomic E-state index is 12.9. The van der Waals surface area contributed by atoms with Gasteiger partial charge in [0.2, 0.25) is 11.8 Å². The van der Waals surface area contributed by atoms with Crippen molar-refractivity contribution in [3.63, 3.8) is 0 Å². The second-order valence-corrected chi connectivity index (χ2v) is 6.55. The number of aryl methyl sites for hydroxylation is 2. The van der Waals surface area contributed by atoms with Crippen molar-refractivity contribution < 1.29 is 14.7 Å². The van der Waals surface area contributed by atoms with E-state index < -0.39 is 5.92 Å². The van der Waals surface area contributed by atoms with Gasteiger partial charge in [-0.2, -0.15) is 5.10 Å². The van der Waals surface area contributed by atoms with Crippen molar-refractivity contribution in [3.8, 4) is 5.75 Å². The van der Waals surface area contributed by atoms with Crippen LogP contribution in [0.4, 0.5) is 5.69 Å². The van der Waals surface area contributed by atoms with Gasteiger partial charge < -0.3 is 15.3 Å². The lowest BCUT2D eigenvalue weighted by atomic mass is 9.85. The van der Waals surface area contributed by atoms with E-state index in [0.717, 1.165) is 11.1 Å². The topological polar surface area (TPSA) is 87.5 Å². The predicted octanol–water partition coefficient (Wildman–Crippen LogP) is 1.98. The van der Waals surface area contributed by atoms with Crippen LogP contribution >= 0.6 is 0 Å². The van der Waals surface area contributed by atoms with Gasteiger partial charge in [0.05, 0.1) is 23.8 Å². The highest BCUT2D eigenvalue weighted by molar-refractivity contribution is 5.95. The summed E-state index contributed by atoms with van der Waals surface area (Å²) >= 11 is 0. The molecule has 0 spiro atoms. The number of hydrogen-bond donors (Lipinski definition) is 2. The molecule has 7 nitrogen and oxygen atoms in total. The van der Waals surface area contributed by atoms with Gasteiger partial charge in [-0.25, -0.2) is 0 Å². The minimum atomic E-state index is -0.410. The van der Waals surface area contributed by atoms with Crippen LogP contribution in [0.3, 0.4) is 0 Å². The van der Waals surface area contributed by atoms with Gasteiger partial charge in [0, 0.05) is 32.3 Å².